The Hall–Kier alpha value is -0.0800. The molecule has 0 aromatic rings. The van der Waals surface area contributed by atoms with Crippen LogP contribution in [0, 0.1) is 5.41 Å². The minimum atomic E-state index is -0.375. The summed E-state index contributed by atoms with van der Waals surface area (Å²) in [5.74, 6) is 0. The van der Waals surface area contributed by atoms with Crippen LogP contribution in [0.5, 0.6) is 0 Å². The predicted octanol–water partition coefficient (Wildman–Crippen LogP) is 2.07. The molecule has 0 spiro atoms. The lowest BCUT2D eigenvalue weighted by atomic mass is 9.70. The largest absolute Gasteiger partial charge is 0.389 e. The van der Waals surface area contributed by atoms with Crippen LogP contribution in [0.2, 0.25) is 0 Å². The zero-order chi connectivity index (χ0) is 10.1. The van der Waals surface area contributed by atoms with Crippen LogP contribution in [0.1, 0.15) is 51.9 Å². The molecule has 2 heteroatoms. The Bertz CT molecular complexity index is 192. The van der Waals surface area contributed by atoms with E-state index in [0.29, 0.717) is 5.41 Å². The van der Waals surface area contributed by atoms with Gasteiger partial charge in [-0.3, -0.25) is 0 Å². The van der Waals surface area contributed by atoms with E-state index in [2.05, 4.69) is 12.2 Å². The molecule has 2 nitrogen and oxygen atoms in total. The lowest BCUT2D eigenvalue weighted by molar-refractivity contribution is 0.0410. The van der Waals surface area contributed by atoms with Gasteiger partial charge in [-0.1, -0.05) is 26.2 Å². The highest BCUT2D eigenvalue weighted by Gasteiger charge is 2.34. The molecule has 0 heterocycles. The summed E-state index contributed by atoms with van der Waals surface area (Å²) in [6.07, 6.45) is 8.51. The first kappa shape index (κ1) is 10.4. The molecule has 2 rings (SSSR count). The average Bonchev–Trinajstić information content (AvgIpc) is 2.50. The Labute approximate surface area is 87.1 Å². The molecular weight excluding hydrogens is 174 g/mol. The molecule has 0 radical (unpaired) electrons. The normalized spacial score (nSPS) is 28.7. The van der Waals surface area contributed by atoms with E-state index in [1.807, 2.05) is 0 Å². The molecule has 2 fully saturated rings. The van der Waals surface area contributed by atoms with Crippen LogP contribution >= 0.6 is 0 Å². The van der Waals surface area contributed by atoms with Crippen LogP contribution in [0.4, 0.5) is 0 Å². The molecule has 82 valence electrons. The molecule has 2 aliphatic rings. The fourth-order valence-corrected chi connectivity index (χ4v) is 2.76. The second-order valence-corrected chi connectivity index (χ2v) is 5.70. The number of hydrogen-bond acceptors (Lipinski definition) is 2. The third-order valence-electron chi connectivity index (χ3n) is 4.10. The number of rotatable bonds is 4. The first-order valence-electron chi connectivity index (χ1n) is 6.05. The van der Waals surface area contributed by atoms with Crippen molar-refractivity contribution in [3.63, 3.8) is 0 Å². The topological polar surface area (TPSA) is 32.3 Å². The molecule has 2 N–H and O–H groups in total. The van der Waals surface area contributed by atoms with Gasteiger partial charge in [-0.25, -0.2) is 0 Å². The molecule has 0 aromatic heterocycles. The van der Waals surface area contributed by atoms with Crippen molar-refractivity contribution in [2.24, 2.45) is 5.41 Å². The van der Waals surface area contributed by atoms with Gasteiger partial charge in [-0.05, 0) is 31.1 Å². The summed E-state index contributed by atoms with van der Waals surface area (Å²) in [5, 5.41) is 13.6. The predicted molar refractivity (Wildman–Crippen MR) is 58.2 cm³/mol. The van der Waals surface area contributed by atoms with E-state index in [1.54, 1.807) is 0 Å². The standard InChI is InChI=1S/C12H23NO/c1-11(5-4-6-11)9-13-10-12(14)7-2-3-8-12/h13-14H,2-10H2,1H3. The van der Waals surface area contributed by atoms with Gasteiger partial charge in [0.1, 0.15) is 0 Å². The maximum absolute atomic E-state index is 10.1. The molecule has 0 atom stereocenters. The van der Waals surface area contributed by atoms with Gasteiger partial charge in [0.2, 0.25) is 0 Å². The quantitative estimate of drug-likeness (QED) is 0.723. The lowest BCUT2D eigenvalue weighted by Gasteiger charge is -2.39. The Balaban J connectivity index is 1.67. The Morgan fingerprint density at radius 1 is 1.00 bits per heavy atom. The van der Waals surface area contributed by atoms with E-state index >= 15 is 0 Å². The molecule has 2 saturated carbocycles. The minimum absolute atomic E-state index is 0.375. The highest BCUT2D eigenvalue weighted by Crippen LogP contribution is 2.39. The van der Waals surface area contributed by atoms with Crippen molar-refractivity contribution in [3.8, 4) is 0 Å². The summed E-state index contributed by atoms with van der Waals surface area (Å²) in [6, 6.07) is 0. The minimum Gasteiger partial charge on any atom is -0.389 e. The molecular formula is C12H23NO. The van der Waals surface area contributed by atoms with Crippen molar-refractivity contribution in [3.05, 3.63) is 0 Å². The molecule has 0 bridgehead atoms. The summed E-state index contributed by atoms with van der Waals surface area (Å²) in [7, 11) is 0. The second-order valence-electron chi connectivity index (χ2n) is 5.70. The van der Waals surface area contributed by atoms with Gasteiger partial charge in [0.25, 0.3) is 0 Å². The maximum atomic E-state index is 10.1. The first-order valence-corrected chi connectivity index (χ1v) is 6.05. The van der Waals surface area contributed by atoms with Gasteiger partial charge in [0.15, 0.2) is 0 Å². The number of aliphatic hydroxyl groups is 1. The summed E-state index contributed by atoms with van der Waals surface area (Å²) < 4.78 is 0. The van der Waals surface area contributed by atoms with Crippen molar-refractivity contribution in [2.45, 2.75) is 57.5 Å². The average molecular weight is 197 g/mol. The maximum Gasteiger partial charge on any atom is 0.0771 e. The van der Waals surface area contributed by atoms with Crippen LogP contribution in [0.25, 0.3) is 0 Å². The van der Waals surface area contributed by atoms with Gasteiger partial charge in [0, 0.05) is 13.1 Å². The third-order valence-corrected chi connectivity index (χ3v) is 4.10. The fourth-order valence-electron chi connectivity index (χ4n) is 2.76. The highest BCUT2D eigenvalue weighted by atomic mass is 16.3. The van der Waals surface area contributed by atoms with E-state index in [4.69, 9.17) is 0 Å². The van der Waals surface area contributed by atoms with Crippen LogP contribution in [-0.2, 0) is 0 Å². The van der Waals surface area contributed by atoms with E-state index in [0.717, 1.165) is 25.9 Å². The summed E-state index contributed by atoms with van der Waals surface area (Å²) in [4.78, 5) is 0. The van der Waals surface area contributed by atoms with Gasteiger partial charge >= 0.3 is 0 Å². The summed E-state index contributed by atoms with van der Waals surface area (Å²) >= 11 is 0. The Morgan fingerprint density at radius 3 is 2.14 bits per heavy atom. The van der Waals surface area contributed by atoms with Crippen LogP contribution in [0.15, 0.2) is 0 Å². The van der Waals surface area contributed by atoms with Crippen molar-refractivity contribution >= 4 is 0 Å². The van der Waals surface area contributed by atoms with E-state index in [9.17, 15) is 5.11 Å². The van der Waals surface area contributed by atoms with Crippen LogP contribution in [0.3, 0.4) is 0 Å². The third kappa shape index (κ3) is 2.29. The summed E-state index contributed by atoms with van der Waals surface area (Å²) in [6.45, 7) is 4.25. The molecule has 0 aliphatic heterocycles. The Kier molecular flexibility index (Phi) is 2.85. The number of nitrogens with one attached hydrogen (secondary N) is 1. The van der Waals surface area contributed by atoms with Gasteiger partial charge in [-0.2, -0.15) is 0 Å². The zero-order valence-corrected chi connectivity index (χ0v) is 9.31. The lowest BCUT2D eigenvalue weighted by Crippen LogP contribution is -2.44. The van der Waals surface area contributed by atoms with Crippen molar-refractivity contribution < 1.29 is 5.11 Å². The van der Waals surface area contributed by atoms with Crippen molar-refractivity contribution in [2.75, 3.05) is 13.1 Å². The molecule has 2 aliphatic carbocycles. The monoisotopic (exact) mass is 197 g/mol. The van der Waals surface area contributed by atoms with Crippen LogP contribution in [-0.4, -0.2) is 23.8 Å². The second kappa shape index (κ2) is 3.82. The zero-order valence-electron chi connectivity index (χ0n) is 9.31. The van der Waals surface area contributed by atoms with Gasteiger partial charge < -0.3 is 10.4 Å². The van der Waals surface area contributed by atoms with E-state index < -0.39 is 0 Å². The molecule has 0 aromatic carbocycles. The highest BCUT2D eigenvalue weighted by molar-refractivity contribution is 4.89. The van der Waals surface area contributed by atoms with Crippen molar-refractivity contribution in [1.82, 2.24) is 5.32 Å². The number of hydrogen-bond donors (Lipinski definition) is 2. The van der Waals surface area contributed by atoms with Crippen molar-refractivity contribution in [1.29, 1.82) is 0 Å². The molecule has 14 heavy (non-hydrogen) atoms. The summed E-state index contributed by atoms with van der Waals surface area (Å²) in [5.41, 5.74) is 0.162. The molecule has 0 unspecified atom stereocenters. The van der Waals surface area contributed by atoms with E-state index in [-0.39, 0.29) is 5.60 Å². The van der Waals surface area contributed by atoms with Crippen LogP contribution < -0.4 is 5.32 Å². The van der Waals surface area contributed by atoms with Gasteiger partial charge in [0.05, 0.1) is 5.60 Å². The Morgan fingerprint density at radius 2 is 1.64 bits per heavy atom. The molecule has 0 saturated heterocycles. The fraction of sp³-hybridized carbons (Fsp3) is 1.00. The smallest absolute Gasteiger partial charge is 0.0771 e. The first-order chi connectivity index (χ1) is 6.62. The molecule has 0 amide bonds. The SMILES string of the molecule is CC1(CNCC2(O)CCCC2)CCC1. The van der Waals surface area contributed by atoms with E-state index in [1.165, 1.54) is 32.1 Å². The van der Waals surface area contributed by atoms with Gasteiger partial charge in [-0.15, -0.1) is 0 Å².